The number of urea groups is 1. The third-order valence-electron chi connectivity index (χ3n) is 4.28. The minimum atomic E-state index is -0.237. The molecule has 1 aromatic carbocycles. The molecule has 8 heteroatoms. The molecule has 2 amide bonds. The Morgan fingerprint density at radius 2 is 2.03 bits per heavy atom. The molecule has 0 fully saturated rings. The van der Waals surface area contributed by atoms with E-state index in [1.807, 2.05) is 54.2 Å². The highest BCUT2D eigenvalue weighted by Crippen LogP contribution is 2.18. The molecule has 2 heterocycles. The summed E-state index contributed by atoms with van der Waals surface area (Å²) in [7, 11) is 0. The van der Waals surface area contributed by atoms with E-state index in [1.54, 1.807) is 11.3 Å². The van der Waals surface area contributed by atoms with Crippen LogP contribution in [0.15, 0.2) is 35.7 Å². The Morgan fingerprint density at radius 1 is 1.24 bits per heavy atom. The van der Waals surface area contributed by atoms with E-state index in [9.17, 15) is 4.79 Å². The van der Waals surface area contributed by atoms with E-state index in [2.05, 4.69) is 27.6 Å². The maximum Gasteiger partial charge on any atom is 0.319 e. The molecule has 0 atom stereocenters. The highest BCUT2D eigenvalue weighted by molar-refractivity contribution is 7.12. The topological polar surface area (TPSA) is 81.1 Å². The van der Waals surface area contributed by atoms with Crippen LogP contribution in [0.4, 0.5) is 10.5 Å². The number of nitrogens with zero attached hydrogens (tertiary/aromatic N) is 3. The number of ether oxygens (including phenoxy) is 1. The fourth-order valence-corrected chi connectivity index (χ4v) is 3.65. The third kappa shape index (κ3) is 6.05. The molecular formula is C21H27N5O2S. The van der Waals surface area contributed by atoms with E-state index in [4.69, 9.17) is 4.74 Å². The van der Waals surface area contributed by atoms with Crippen molar-refractivity contribution < 1.29 is 9.53 Å². The predicted octanol–water partition coefficient (Wildman–Crippen LogP) is 4.49. The highest BCUT2D eigenvalue weighted by atomic mass is 32.1. The van der Waals surface area contributed by atoms with Gasteiger partial charge in [-0.1, -0.05) is 13.3 Å². The van der Waals surface area contributed by atoms with Gasteiger partial charge < -0.3 is 15.4 Å². The number of carbonyl (C=O) groups excluding carboxylic acids is 1. The van der Waals surface area contributed by atoms with Crippen molar-refractivity contribution in [2.75, 3.05) is 18.5 Å². The van der Waals surface area contributed by atoms with Gasteiger partial charge in [-0.05, 0) is 50.6 Å². The van der Waals surface area contributed by atoms with Crippen molar-refractivity contribution in [2.45, 2.75) is 40.0 Å². The molecule has 29 heavy (non-hydrogen) atoms. The van der Waals surface area contributed by atoms with Gasteiger partial charge >= 0.3 is 6.03 Å². The van der Waals surface area contributed by atoms with E-state index < -0.39 is 0 Å². The number of thiazole rings is 1. The van der Waals surface area contributed by atoms with E-state index in [0.29, 0.717) is 19.6 Å². The minimum absolute atomic E-state index is 0.237. The average Bonchev–Trinajstić information content (AvgIpc) is 3.29. The van der Waals surface area contributed by atoms with Crippen LogP contribution in [-0.4, -0.2) is 33.9 Å². The van der Waals surface area contributed by atoms with Crippen LogP contribution in [0.2, 0.25) is 0 Å². The summed E-state index contributed by atoms with van der Waals surface area (Å²) in [5.41, 5.74) is 3.69. The predicted molar refractivity (Wildman–Crippen MR) is 116 cm³/mol. The molecule has 0 saturated carbocycles. The lowest BCUT2D eigenvalue weighted by molar-refractivity contribution is 0.252. The first-order valence-corrected chi connectivity index (χ1v) is 10.7. The second-order valence-electron chi connectivity index (χ2n) is 6.82. The van der Waals surface area contributed by atoms with Gasteiger partial charge in [0.25, 0.3) is 0 Å². The summed E-state index contributed by atoms with van der Waals surface area (Å²) in [4.78, 5) is 16.7. The molecule has 2 N–H and O–H groups in total. The van der Waals surface area contributed by atoms with Crippen molar-refractivity contribution in [3.8, 4) is 10.9 Å². The van der Waals surface area contributed by atoms with Gasteiger partial charge in [-0.25, -0.2) is 14.5 Å². The number of aromatic nitrogens is 3. The lowest BCUT2D eigenvalue weighted by atomic mass is 10.3. The quantitative estimate of drug-likeness (QED) is 0.507. The molecule has 0 unspecified atom stereocenters. The molecule has 3 aromatic rings. The SMILES string of the molecule is CCCCOc1ccc(NC(=O)NCCc2csc(-n3nc(C)cc3C)n2)cc1. The van der Waals surface area contributed by atoms with Gasteiger partial charge in [0.15, 0.2) is 0 Å². The number of carbonyl (C=O) groups is 1. The van der Waals surface area contributed by atoms with Crippen molar-refractivity contribution >= 4 is 23.1 Å². The highest BCUT2D eigenvalue weighted by Gasteiger charge is 2.09. The van der Waals surface area contributed by atoms with E-state index in [0.717, 1.165) is 46.5 Å². The zero-order chi connectivity index (χ0) is 20.6. The molecule has 0 saturated heterocycles. The smallest absolute Gasteiger partial charge is 0.319 e. The van der Waals surface area contributed by atoms with Gasteiger partial charge in [-0.2, -0.15) is 5.10 Å². The van der Waals surface area contributed by atoms with Crippen molar-refractivity contribution in [1.29, 1.82) is 0 Å². The minimum Gasteiger partial charge on any atom is -0.494 e. The Balaban J connectivity index is 1.43. The summed E-state index contributed by atoms with van der Waals surface area (Å²) >= 11 is 1.55. The number of hydrogen-bond donors (Lipinski definition) is 2. The van der Waals surface area contributed by atoms with Crippen molar-refractivity contribution in [3.05, 3.63) is 52.8 Å². The molecule has 0 aliphatic carbocycles. The number of benzene rings is 1. The summed E-state index contributed by atoms with van der Waals surface area (Å²) in [5.74, 6) is 0.811. The Morgan fingerprint density at radius 3 is 2.72 bits per heavy atom. The number of amides is 2. The van der Waals surface area contributed by atoms with Gasteiger partial charge in [-0.15, -0.1) is 11.3 Å². The molecule has 7 nitrogen and oxygen atoms in total. The van der Waals surface area contributed by atoms with Crippen LogP contribution in [-0.2, 0) is 6.42 Å². The summed E-state index contributed by atoms with van der Waals surface area (Å²) < 4.78 is 7.47. The van der Waals surface area contributed by atoms with Gasteiger partial charge in [0.1, 0.15) is 5.75 Å². The molecular weight excluding hydrogens is 386 g/mol. The van der Waals surface area contributed by atoms with Gasteiger partial charge in [0.05, 0.1) is 18.0 Å². The molecule has 0 radical (unpaired) electrons. The van der Waals surface area contributed by atoms with Crippen LogP contribution in [0, 0.1) is 13.8 Å². The maximum atomic E-state index is 12.1. The molecule has 154 valence electrons. The summed E-state index contributed by atoms with van der Waals surface area (Å²) in [6, 6.07) is 9.18. The zero-order valence-electron chi connectivity index (χ0n) is 17.1. The lowest BCUT2D eigenvalue weighted by Crippen LogP contribution is -2.30. The largest absolute Gasteiger partial charge is 0.494 e. The Bertz CT molecular complexity index is 933. The van der Waals surface area contributed by atoms with E-state index in [-0.39, 0.29) is 6.03 Å². The summed E-state index contributed by atoms with van der Waals surface area (Å²) in [6.07, 6.45) is 2.79. The van der Waals surface area contributed by atoms with Crippen molar-refractivity contribution in [2.24, 2.45) is 0 Å². The zero-order valence-corrected chi connectivity index (χ0v) is 17.9. The molecule has 3 rings (SSSR count). The van der Waals surface area contributed by atoms with Crippen LogP contribution in [0.25, 0.3) is 5.13 Å². The van der Waals surface area contributed by atoms with Gasteiger partial charge in [0.2, 0.25) is 5.13 Å². The lowest BCUT2D eigenvalue weighted by Gasteiger charge is -2.09. The van der Waals surface area contributed by atoms with E-state index >= 15 is 0 Å². The molecule has 2 aromatic heterocycles. The first-order valence-electron chi connectivity index (χ1n) is 9.81. The number of aryl methyl sites for hydroxylation is 2. The Hall–Kier alpha value is -2.87. The van der Waals surface area contributed by atoms with Crippen LogP contribution < -0.4 is 15.4 Å². The van der Waals surface area contributed by atoms with Crippen molar-refractivity contribution in [3.63, 3.8) is 0 Å². The fraction of sp³-hybridized carbons (Fsp3) is 0.381. The monoisotopic (exact) mass is 413 g/mol. The normalized spacial score (nSPS) is 10.7. The molecule has 0 aliphatic heterocycles. The summed E-state index contributed by atoms with van der Waals surface area (Å²) in [6.45, 7) is 7.32. The number of anilines is 1. The number of unbranched alkanes of at least 4 members (excludes halogenated alkanes) is 1. The average molecular weight is 414 g/mol. The fourth-order valence-electron chi connectivity index (χ4n) is 2.78. The molecule has 0 spiro atoms. The third-order valence-corrected chi connectivity index (χ3v) is 5.14. The van der Waals surface area contributed by atoms with Crippen LogP contribution in [0.3, 0.4) is 0 Å². The first kappa shape index (κ1) is 20.9. The Labute approximate surface area is 175 Å². The van der Waals surface area contributed by atoms with Gasteiger partial charge in [0, 0.05) is 29.7 Å². The first-order chi connectivity index (χ1) is 14.0. The standard InChI is InChI=1S/C21H27N5O2S/c1-4-5-12-28-19-8-6-17(7-9-19)23-20(27)22-11-10-18-14-29-21(24-18)26-16(3)13-15(2)25-26/h6-9,13-14H,4-5,10-12H2,1-3H3,(H2,22,23,27). The second kappa shape index (κ2) is 10.1. The van der Waals surface area contributed by atoms with Crippen LogP contribution in [0.5, 0.6) is 5.75 Å². The molecule has 0 aliphatic rings. The summed E-state index contributed by atoms with van der Waals surface area (Å²) in [5, 5.41) is 13.0. The molecule has 0 bridgehead atoms. The number of rotatable bonds is 9. The number of hydrogen-bond acceptors (Lipinski definition) is 5. The van der Waals surface area contributed by atoms with Crippen LogP contribution in [0.1, 0.15) is 36.8 Å². The van der Waals surface area contributed by atoms with E-state index in [1.165, 1.54) is 0 Å². The van der Waals surface area contributed by atoms with Crippen molar-refractivity contribution in [1.82, 2.24) is 20.1 Å². The van der Waals surface area contributed by atoms with Gasteiger partial charge in [-0.3, -0.25) is 0 Å². The second-order valence-corrected chi connectivity index (χ2v) is 7.65. The van der Waals surface area contributed by atoms with Crippen LogP contribution >= 0.6 is 11.3 Å². The Kier molecular flexibility index (Phi) is 7.24. The number of nitrogens with one attached hydrogen (secondary N) is 2. The maximum absolute atomic E-state index is 12.1.